The van der Waals surface area contributed by atoms with Gasteiger partial charge in [0.25, 0.3) is 0 Å². The number of carbonyl (C=O) groups excluding carboxylic acids is 3. The van der Waals surface area contributed by atoms with Gasteiger partial charge >= 0.3 is 6.03 Å². The average molecular weight is 338 g/mol. The molecule has 0 radical (unpaired) electrons. The Hall–Kier alpha value is -1.63. The van der Waals surface area contributed by atoms with Gasteiger partial charge in [-0.1, -0.05) is 13.8 Å². The van der Waals surface area contributed by atoms with Gasteiger partial charge in [0.2, 0.25) is 11.8 Å². The quantitative estimate of drug-likeness (QED) is 0.777. The minimum Gasteiger partial charge on any atom is -0.342 e. The lowest BCUT2D eigenvalue weighted by atomic mass is 9.95. The maximum atomic E-state index is 12.4. The minimum atomic E-state index is -0.437. The second kappa shape index (κ2) is 9.01. The van der Waals surface area contributed by atoms with Gasteiger partial charge in [0.05, 0.1) is 6.54 Å². The Labute approximate surface area is 144 Å². The van der Waals surface area contributed by atoms with Crippen molar-refractivity contribution in [2.24, 2.45) is 11.8 Å². The highest BCUT2D eigenvalue weighted by Crippen LogP contribution is 2.21. The summed E-state index contributed by atoms with van der Waals surface area (Å²) in [5.74, 6) is 0.431. The zero-order chi connectivity index (χ0) is 17.5. The Kier molecular flexibility index (Phi) is 7.02. The zero-order valence-electron chi connectivity index (χ0n) is 14.8. The van der Waals surface area contributed by atoms with E-state index < -0.39 is 6.03 Å². The first-order chi connectivity index (χ1) is 11.5. The van der Waals surface area contributed by atoms with Crippen molar-refractivity contribution < 1.29 is 14.4 Å². The molecule has 0 aromatic carbocycles. The molecule has 2 heterocycles. The van der Waals surface area contributed by atoms with Gasteiger partial charge in [-0.3, -0.25) is 19.8 Å². The number of imide groups is 1. The third-order valence-corrected chi connectivity index (χ3v) is 4.65. The van der Waals surface area contributed by atoms with Gasteiger partial charge in [-0.25, -0.2) is 4.79 Å². The summed E-state index contributed by atoms with van der Waals surface area (Å²) in [7, 11) is 0. The molecular weight excluding hydrogens is 308 g/mol. The van der Waals surface area contributed by atoms with Crippen LogP contribution in [0.25, 0.3) is 0 Å². The number of amides is 4. The summed E-state index contributed by atoms with van der Waals surface area (Å²) in [6.45, 7) is 7.99. The Balaban J connectivity index is 1.66. The maximum Gasteiger partial charge on any atom is 0.321 e. The Morgan fingerprint density at radius 3 is 2.25 bits per heavy atom. The normalized spacial score (nSPS) is 19.5. The topological polar surface area (TPSA) is 81.8 Å². The lowest BCUT2D eigenvalue weighted by Gasteiger charge is -2.32. The van der Waals surface area contributed by atoms with Gasteiger partial charge in [-0.15, -0.1) is 0 Å². The molecule has 136 valence electrons. The van der Waals surface area contributed by atoms with Crippen LogP contribution in [0.15, 0.2) is 0 Å². The van der Waals surface area contributed by atoms with Crippen LogP contribution in [0.2, 0.25) is 0 Å². The van der Waals surface area contributed by atoms with Crippen LogP contribution in [0.3, 0.4) is 0 Å². The lowest BCUT2D eigenvalue weighted by Crippen LogP contribution is -2.48. The second-order valence-corrected chi connectivity index (χ2v) is 7.23. The Morgan fingerprint density at radius 1 is 1.04 bits per heavy atom. The number of piperidine rings is 1. The first kappa shape index (κ1) is 18.7. The lowest BCUT2D eigenvalue weighted by molar-refractivity contribution is -0.136. The summed E-state index contributed by atoms with van der Waals surface area (Å²) >= 11 is 0. The van der Waals surface area contributed by atoms with Crippen molar-refractivity contribution >= 4 is 17.8 Å². The highest BCUT2D eigenvalue weighted by atomic mass is 16.2. The summed E-state index contributed by atoms with van der Waals surface area (Å²) in [5.41, 5.74) is 0. The number of hydrogen-bond donors (Lipinski definition) is 2. The van der Waals surface area contributed by atoms with Crippen molar-refractivity contribution in [2.75, 3.05) is 39.3 Å². The molecule has 0 unspecified atom stereocenters. The maximum absolute atomic E-state index is 12.4. The molecule has 0 saturated carbocycles. The van der Waals surface area contributed by atoms with Crippen molar-refractivity contribution in [1.29, 1.82) is 0 Å². The van der Waals surface area contributed by atoms with E-state index in [0.29, 0.717) is 12.5 Å². The number of nitrogens with zero attached hydrogens (tertiary/aromatic N) is 2. The van der Waals surface area contributed by atoms with E-state index in [2.05, 4.69) is 10.6 Å². The van der Waals surface area contributed by atoms with Gasteiger partial charge in [-0.2, -0.15) is 0 Å². The predicted molar refractivity (Wildman–Crippen MR) is 91.4 cm³/mol. The molecule has 0 aromatic rings. The van der Waals surface area contributed by atoms with E-state index in [4.69, 9.17) is 0 Å². The summed E-state index contributed by atoms with van der Waals surface area (Å²) in [4.78, 5) is 39.8. The highest BCUT2D eigenvalue weighted by Gasteiger charge is 2.30. The van der Waals surface area contributed by atoms with Crippen LogP contribution in [0, 0.1) is 11.8 Å². The molecule has 2 aliphatic rings. The monoisotopic (exact) mass is 338 g/mol. The standard InChI is InChI=1S/C17H30N4O3/c1-13(2)11-18-17(24)19-15(22)12-20-9-5-14(6-10-20)16(23)21-7-3-4-8-21/h13-14H,3-12H2,1-2H3,(H2,18,19,22,24). The molecule has 0 spiro atoms. The van der Waals surface area contributed by atoms with Crippen LogP contribution in [0.5, 0.6) is 0 Å². The number of carbonyl (C=O) groups is 3. The van der Waals surface area contributed by atoms with Crippen LogP contribution < -0.4 is 10.6 Å². The third-order valence-electron chi connectivity index (χ3n) is 4.65. The summed E-state index contributed by atoms with van der Waals surface area (Å²) in [5, 5.41) is 5.02. The van der Waals surface area contributed by atoms with Gasteiger partial charge < -0.3 is 10.2 Å². The fraction of sp³-hybridized carbons (Fsp3) is 0.824. The minimum absolute atomic E-state index is 0.0942. The molecule has 7 heteroatoms. The number of hydrogen-bond acceptors (Lipinski definition) is 4. The first-order valence-electron chi connectivity index (χ1n) is 9.04. The van der Waals surface area contributed by atoms with E-state index in [1.165, 1.54) is 0 Å². The number of rotatable bonds is 5. The molecule has 7 nitrogen and oxygen atoms in total. The van der Waals surface area contributed by atoms with Crippen LogP contribution in [-0.4, -0.2) is 66.9 Å². The molecule has 24 heavy (non-hydrogen) atoms. The third kappa shape index (κ3) is 5.78. The molecule has 4 amide bonds. The van der Waals surface area contributed by atoms with Crippen LogP contribution in [0.4, 0.5) is 4.79 Å². The molecule has 0 atom stereocenters. The summed E-state index contributed by atoms with van der Waals surface area (Å²) in [6, 6.07) is -0.437. The number of urea groups is 1. The van der Waals surface area contributed by atoms with Crippen LogP contribution in [-0.2, 0) is 9.59 Å². The van der Waals surface area contributed by atoms with E-state index in [1.807, 2.05) is 23.6 Å². The summed E-state index contributed by atoms with van der Waals surface area (Å²) < 4.78 is 0. The SMILES string of the molecule is CC(C)CNC(=O)NC(=O)CN1CCC(C(=O)N2CCCC2)CC1. The van der Waals surface area contributed by atoms with E-state index in [1.54, 1.807) is 0 Å². The van der Waals surface area contributed by atoms with Crippen molar-refractivity contribution in [2.45, 2.75) is 39.5 Å². The fourth-order valence-electron chi connectivity index (χ4n) is 3.24. The van der Waals surface area contributed by atoms with Crippen LogP contribution in [0.1, 0.15) is 39.5 Å². The van der Waals surface area contributed by atoms with Crippen molar-refractivity contribution in [3.05, 3.63) is 0 Å². The average Bonchev–Trinajstić information content (AvgIpc) is 3.07. The number of likely N-dealkylation sites (tertiary alicyclic amines) is 2. The Morgan fingerprint density at radius 2 is 1.67 bits per heavy atom. The Bertz CT molecular complexity index is 453. The summed E-state index contributed by atoms with van der Waals surface area (Å²) in [6.07, 6.45) is 3.82. The van der Waals surface area contributed by atoms with Gasteiger partial charge in [-0.05, 0) is 44.7 Å². The van der Waals surface area contributed by atoms with E-state index >= 15 is 0 Å². The van der Waals surface area contributed by atoms with Gasteiger partial charge in [0.15, 0.2) is 0 Å². The van der Waals surface area contributed by atoms with E-state index in [0.717, 1.165) is 51.9 Å². The molecule has 2 saturated heterocycles. The van der Waals surface area contributed by atoms with Gasteiger partial charge in [0, 0.05) is 25.6 Å². The predicted octanol–water partition coefficient (Wildman–Crippen LogP) is 0.803. The van der Waals surface area contributed by atoms with Crippen LogP contribution >= 0.6 is 0 Å². The fourth-order valence-corrected chi connectivity index (χ4v) is 3.24. The van der Waals surface area contributed by atoms with E-state index in [-0.39, 0.29) is 24.3 Å². The smallest absolute Gasteiger partial charge is 0.321 e. The molecule has 0 aromatic heterocycles. The molecule has 0 aliphatic carbocycles. The molecule has 2 aliphatic heterocycles. The second-order valence-electron chi connectivity index (χ2n) is 7.23. The molecule has 2 fully saturated rings. The zero-order valence-corrected chi connectivity index (χ0v) is 14.8. The molecule has 0 bridgehead atoms. The number of nitrogens with one attached hydrogen (secondary N) is 2. The van der Waals surface area contributed by atoms with Crippen molar-refractivity contribution in [3.8, 4) is 0 Å². The van der Waals surface area contributed by atoms with Crippen molar-refractivity contribution in [3.63, 3.8) is 0 Å². The molecule has 2 N–H and O–H groups in total. The first-order valence-corrected chi connectivity index (χ1v) is 9.04. The largest absolute Gasteiger partial charge is 0.342 e. The van der Waals surface area contributed by atoms with E-state index in [9.17, 15) is 14.4 Å². The molecular formula is C17H30N4O3. The van der Waals surface area contributed by atoms with Gasteiger partial charge in [0.1, 0.15) is 0 Å². The highest BCUT2D eigenvalue weighted by molar-refractivity contribution is 5.95. The molecule has 2 rings (SSSR count). The van der Waals surface area contributed by atoms with Crippen molar-refractivity contribution in [1.82, 2.24) is 20.4 Å².